The van der Waals surface area contributed by atoms with E-state index in [1.807, 2.05) is 35.9 Å². The highest BCUT2D eigenvalue weighted by atomic mass is 16.1. The molecule has 0 radical (unpaired) electrons. The van der Waals surface area contributed by atoms with Gasteiger partial charge in [0.1, 0.15) is 0 Å². The number of carbonyl (C=O) groups is 1. The van der Waals surface area contributed by atoms with E-state index in [9.17, 15) is 4.79 Å². The summed E-state index contributed by atoms with van der Waals surface area (Å²) in [5.74, 6) is 0.0448. The number of nitrogens with zero attached hydrogens (tertiary/aromatic N) is 4. The fourth-order valence-corrected chi connectivity index (χ4v) is 2.86. The van der Waals surface area contributed by atoms with Crippen molar-refractivity contribution in [1.29, 1.82) is 5.26 Å². The molecule has 0 unspecified atom stereocenters. The second-order valence-electron chi connectivity index (χ2n) is 6.00. The molecule has 0 saturated heterocycles. The summed E-state index contributed by atoms with van der Waals surface area (Å²) in [6, 6.07) is 12.0. The lowest BCUT2D eigenvalue weighted by Gasteiger charge is -2.27. The highest BCUT2D eigenvalue weighted by molar-refractivity contribution is 5.75. The van der Waals surface area contributed by atoms with Gasteiger partial charge >= 0.3 is 0 Å². The van der Waals surface area contributed by atoms with Crippen LogP contribution in [-0.2, 0) is 31.0 Å². The van der Waals surface area contributed by atoms with Crippen molar-refractivity contribution in [1.82, 2.24) is 20.0 Å². The fraction of sp³-hybridized carbons (Fsp3) is 0.389. The molecule has 124 valence electrons. The van der Waals surface area contributed by atoms with Gasteiger partial charge in [0.2, 0.25) is 5.91 Å². The van der Waals surface area contributed by atoms with Gasteiger partial charge in [-0.25, -0.2) is 0 Å². The Morgan fingerprint density at radius 3 is 2.83 bits per heavy atom. The van der Waals surface area contributed by atoms with E-state index in [2.05, 4.69) is 27.5 Å². The van der Waals surface area contributed by atoms with Crippen molar-refractivity contribution in [2.24, 2.45) is 0 Å². The topological polar surface area (TPSA) is 74.0 Å². The smallest absolute Gasteiger partial charge is 0.220 e. The Morgan fingerprint density at radius 1 is 1.33 bits per heavy atom. The summed E-state index contributed by atoms with van der Waals surface area (Å²) in [4.78, 5) is 13.7. The molecule has 1 N–H and O–H groups in total. The van der Waals surface area contributed by atoms with Crippen molar-refractivity contribution < 1.29 is 4.79 Å². The van der Waals surface area contributed by atoms with Gasteiger partial charge in [-0.3, -0.25) is 14.4 Å². The van der Waals surface area contributed by atoms with E-state index in [0.29, 0.717) is 18.5 Å². The standard InChI is InChI=1S/C18H21N5O/c1-2-18(24)20-11-16-9-17-13-22(7-8-23(17)21-16)12-15-5-3-14(10-19)4-6-15/h3-6,9H,2,7-8,11-13H2,1H3,(H,20,24). The molecule has 0 bridgehead atoms. The number of amides is 1. The van der Waals surface area contributed by atoms with Gasteiger partial charge in [-0.15, -0.1) is 0 Å². The van der Waals surface area contributed by atoms with Crippen LogP contribution in [0.1, 0.15) is 35.9 Å². The van der Waals surface area contributed by atoms with Gasteiger partial charge in [0.25, 0.3) is 0 Å². The maximum absolute atomic E-state index is 11.4. The lowest BCUT2D eigenvalue weighted by atomic mass is 10.1. The summed E-state index contributed by atoms with van der Waals surface area (Å²) in [7, 11) is 0. The van der Waals surface area contributed by atoms with Crippen LogP contribution in [0.3, 0.4) is 0 Å². The predicted octanol–water partition coefficient (Wildman–Crippen LogP) is 1.80. The number of benzene rings is 1. The van der Waals surface area contributed by atoms with Crippen molar-refractivity contribution >= 4 is 5.91 Å². The SMILES string of the molecule is CCC(=O)NCc1cc2n(n1)CCN(Cc1ccc(C#N)cc1)C2. The molecule has 2 aromatic rings. The van der Waals surface area contributed by atoms with Gasteiger partial charge in [-0.2, -0.15) is 10.4 Å². The zero-order valence-corrected chi connectivity index (χ0v) is 13.8. The lowest BCUT2D eigenvalue weighted by molar-refractivity contribution is -0.120. The monoisotopic (exact) mass is 323 g/mol. The third-order valence-electron chi connectivity index (χ3n) is 4.20. The summed E-state index contributed by atoms with van der Waals surface area (Å²) in [6.45, 7) is 5.83. The molecule has 6 nitrogen and oxygen atoms in total. The third-order valence-corrected chi connectivity index (χ3v) is 4.20. The van der Waals surface area contributed by atoms with Crippen LogP contribution in [0.25, 0.3) is 0 Å². The first-order valence-corrected chi connectivity index (χ1v) is 8.21. The molecular weight excluding hydrogens is 302 g/mol. The number of carbonyl (C=O) groups excluding carboxylic acids is 1. The minimum Gasteiger partial charge on any atom is -0.350 e. The number of nitriles is 1. The predicted molar refractivity (Wildman–Crippen MR) is 89.6 cm³/mol. The van der Waals surface area contributed by atoms with Crippen molar-refractivity contribution in [3.8, 4) is 6.07 Å². The molecule has 0 fully saturated rings. The van der Waals surface area contributed by atoms with Crippen LogP contribution >= 0.6 is 0 Å². The number of rotatable bonds is 5. The quantitative estimate of drug-likeness (QED) is 0.910. The summed E-state index contributed by atoms with van der Waals surface area (Å²) < 4.78 is 2.03. The lowest BCUT2D eigenvalue weighted by Crippen LogP contribution is -2.33. The molecule has 24 heavy (non-hydrogen) atoms. The molecule has 0 aliphatic carbocycles. The van der Waals surface area contributed by atoms with E-state index < -0.39 is 0 Å². The van der Waals surface area contributed by atoms with Gasteiger partial charge in [0.15, 0.2) is 0 Å². The van der Waals surface area contributed by atoms with Crippen LogP contribution in [-0.4, -0.2) is 27.1 Å². The molecule has 1 aromatic carbocycles. The number of hydrogen-bond donors (Lipinski definition) is 1. The summed E-state index contributed by atoms with van der Waals surface area (Å²) in [6.07, 6.45) is 0.492. The molecule has 3 rings (SSSR count). The van der Waals surface area contributed by atoms with Crippen LogP contribution in [0.2, 0.25) is 0 Å². The minimum absolute atomic E-state index is 0.0448. The van der Waals surface area contributed by atoms with Gasteiger partial charge in [-0.05, 0) is 23.8 Å². The summed E-state index contributed by atoms with van der Waals surface area (Å²) in [5.41, 5.74) is 3.98. The summed E-state index contributed by atoms with van der Waals surface area (Å²) >= 11 is 0. The highest BCUT2D eigenvalue weighted by Crippen LogP contribution is 2.16. The second-order valence-corrected chi connectivity index (χ2v) is 6.00. The molecule has 0 spiro atoms. The molecule has 1 aromatic heterocycles. The largest absolute Gasteiger partial charge is 0.350 e. The number of hydrogen-bond acceptors (Lipinski definition) is 4. The van der Waals surface area contributed by atoms with Crippen molar-refractivity contribution in [3.05, 3.63) is 52.8 Å². The molecule has 1 aliphatic rings. The van der Waals surface area contributed by atoms with E-state index in [0.717, 1.165) is 31.9 Å². The Balaban J connectivity index is 1.60. The van der Waals surface area contributed by atoms with Crippen LogP contribution < -0.4 is 5.32 Å². The number of aromatic nitrogens is 2. The molecule has 2 heterocycles. The highest BCUT2D eigenvalue weighted by Gasteiger charge is 2.18. The molecule has 1 aliphatic heterocycles. The van der Waals surface area contributed by atoms with Crippen molar-refractivity contribution in [3.63, 3.8) is 0 Å². The average molecular weight is 323 g/mol. The van der Waals surface area contributed by atoms with Crippen LogP contribution in [0.5, 0.6) is 0 Å². The van der Waals surface area contributed by atoms with Gasteiger partial charge in [0, 0.05) is 26.1 Å². The Labute approximate surface area is 141 Å². The van der Waals surface area contributed by atoms with Gasteiger partial charge in [-0.1, -0.05) is 19.1 Å². The Kier molecular flexibility index (Phi) is 4.92. The zero-order valence-electron chi connectivity index (χ0n) is 13.8. The summed E-state index contributed by atoms with van der Waals surface area (Å²) in [5, 5.41) is 16.3. The second kappa shape index (κ2) is 7.28. The van der Waals surface area contributed by atoms with Gasteiger partial charge in [0.05, 0.1) is 36.1 Å². The van der Waals surface area contributed by atoms with Crippen molar-refractivity contribution in [2.75, 3.05) is 6.54 Å². The van der Waals surface area contributed by atoms with E-state index in [1.165, 1.54) is 11.3 Å². The Hall–Kier alpha value is -2.65. The number of fused-ring (bicyclic) bond motifs is 1. The molecule has 0 saturated carbocycles. The number of nitrogens with one attached hydrogen (secondary N) is 1. The Bertz CT molecular complexity index is 757. The average Bonchev–Trinajstić information content (AvgIpc) is 3.02. The van der Waals surface area contributed by atoms with Crippen LogP contribution in [0.15, 0.2) is 30.3 Å². The molecule has 1 amide bonds. The van der Waals surface area contributed by atoms with E-state index >= 15 is 0 Å². The zero-order chi connectivity index (χ0) is 16.9. The van der Waals surface area contributed by atoms with E-state index in [-0.39, 0.29) is 5.91 Å². The van der Waals surface area contributed by atoms with E-state index in [4.69, 9.17) is 5.26 Å². The Morgan fingerprint density at radius 2 is 2.12 bits per heavy atom. The van der Waals surface area contributed by atoms with Crippen molar-refractivity contribution in [2.45, 2.75) is 39.5 Å². The maximum atomic E-state index is 11.4. The van der Waals surface area contributed by atoms with Crippen LogP contribution in [0, 0.1) is 11.3 Å². The fourth-order valence-electron chi connectivity index (χ4n) is 2.86. The minimum atomic E-state index is 0.0448. The first kappa shape index (κ1) is 16.2. The molecule has 0 atom stereocenters. The first-order valence-electron chi connectivity index (χ1n) is 8.21. The van der Waals surface area contributed by atoms with Gasteiger partial charge < -0.3 is 5.32 Å². The first-order chi connectivity index (χ1) is 11.7. The maximum Gasteiger partial charge on any atom is 0.220 e. The third kappa shape index (κ3) is 3.81. The van der Waals surface area contributed by atoms with Crippen LogP contribution in [0.4, 0.5) is 0 Å². The van der Waals surface area contributed by atoms with E-state index in [1.54, 1.807) is 0 Å². The molecular formula is C18H21N5O. The molecule has 6 heteroatoms. The normalized spacial score (nSPS) is 14.0.